The molecule has 0 amide bonds. The van der Waals surface area contributed by atoms with E-state index in [2.05, 4.69) is 31.9 Å². The summed E-state index contributed by atoms with van der Waals surface area (Å²) in [5.41, 5.74) is 0. The van der Waals surface area contributed by atoms with Crippen molar-refractivity contribution in [1.29, 1.82) is 0 Å². The van der Waals surface area contributed by atoms with Gasteiger partial charge in [-0.3, -0.25) is 4.79 Å². The predicted octanol–water partition coefficient (Wildman–Crippen LogP) is 4.35. The largest absolute Gasteiger partial charge is 0.491 e. The lowest BCUT2D eigenvalue weighted by atomic mass is 10.2. The minimum absolute atomic E-state index is 0.287. The van der Waals surface area contributed by atoms with Gasteiger partial charge in [-0.1, -0.05) is 13.0 Å². The summed E-state index contributed by atoms with van der Waals surface area (Å²) in [5, 5.41) is 0. The van der Waals surface area contributed by atoms with E-state index in [1.54, 1.807) is 0 Å². The molecule has 0 radical (unpaired) electrons. The molecule has 1 rings (SSSR count). The number of hydrogen-bond acceptors (Lipinski definition) is 2. The van der Waals surface area contributed by atoms with Crippen LogP contribution in [0.1, 0.15) is 26.2 Å². The first-order valence-electron chi connectivity index (χ1n) is 5.23. The van der Waals surface area contributed by atoms with E-state index in [4.69, 9.17) is 4.74 Å². The zero-order valence-electron chi connectivity index (χ0n) is 9.13. The van der Waals surface area contributed by atoms with Gasteiger partial charge >= 0.3 is 0 Å². The summed E-state index contributed by atoms with van der Waals surface area (Å²) in [5.74, 6) is 1.08. The van der Waals surface area contributed by atoms with E-state index in [9.17, 15) is 4.79 Å². The van der Waals surface area contributed by atoms with Crippen LogP contribution >= 0.6 is 31.9 Å². The highest BCUT2D eigenvalue weighted by atomic mass is 79.9. The molecule has 2 nitrogen and oxygen atoms in total. The van der Waals surface area contributed by atoms with Gasteiger partial charge in [-0.2, -0.15) is 0 Å². The number of para-hydroxylation sites is 1. The molecule has 0 aliphatic carbocycles. The standard InChI is InChI=1S/C12H14Br2O2/c1-2-9(15)5-4-8-16-12-10(13)6-3-7-11(12)14/h3,6-7H,2,4-5,8H2,1H3. The highest BCUT2D eigenvalue weighted by Crippen LogP contribution is 2.32. The quantitative estimate of drug-likeness (QED) is 0.713. The molecule has 0 aliphatic heterocycles. The van der Waals surface area contributed by atoms with E-state index < -0.39 is 0 Å². The lowest BCUT2D eigenvalue weighted by Gasteiger charge is -2.09. The molecule has 0 spiro atoms. The van der Waals surface area contributed by atoms with E-state index in [0.717, 1.165) is 21.1 Å². The molecule has 0 heterocycles. The highest BCUT2D eigenvalue weighted by molar-refractivity contribution is 9.11. The van der Waals surface area contributed by atoms with Crippen LogP contribution in [-0.4, -0.2) is 12.4 Å². The molecule has 0 fully saturated rings. The van der Waals surface area contributed by atoms with Crippen molar-refractivity contribution in [3.63, 3.8) is 0 Å². The molecule has 1 aromatic carbocycles. The summed E-state index contributed by atoms with van der Waals surface area (Å²) >= 11 is 6.84. The number of rotatable bonds is 6. The third-order valence-electron chi connectivity index (χ3n) is 2.16. The smallest absolute Gasteiger partial charge is 0.147 e. The van der Waals surface area contributed by atoms with Gasteiger partial charge in [0.05, 0.1) is 15.6 Å². The molecule has 0 atom stereocenters. The van der Waals surface area contributed by atoms with Crippen LogP contribution in [0.2, 0.25) is 0 Å². The molecular formula is C12H14Br2O2. The first-order chi connectivity index (χ1) is 7.65. The van der Waals surface area contributed by atoms with E-state index in [1.807, 2.05) is 25.1 Å². The number of ether oxygens (including phenoxy) is 1. The molecule has 0 N–H and O–H groups in total. The van der Waals surface area contributed by atoms with E-state index in [0.29, 0.717) is 19.4 Å². The van der Waals surface area contributed by atoms with Gasteiger partial charge in [0.15, 0.2) is 0 Å². The van der Waals surface area contributed by atoms with Gasteiger partial charge in [0.1, 0.15) is 11.5 Å². The minimum atomic E-state index is 0.287. The number of carbonyl (C=O) groups excluding carboxylic acids is 1. The Morgan fingerprint density at radius 1 is 1.31 bits per heavy atom. The maximum atomic E-state index is 11.1. The van der Waals surface area contributed by atoms with Crippen LogP contribution in [0.5, 0.6) is 5.75 Å². The van der Waals surface area contributed by atoms with Crippen molar-refractivity contribution in [3.05, 3.63) is 27.1 Å². The van der Waals surface area contributed by atoms with Crippen LogP contribution < -0.4 is 4.74 Å². The van der Waals surface area contributed by atoms with Crippen molar-refractivity contribution < 1.29 is 9.53 Å². The summed E-state index contributed by atoms with van der Waals surface area (Å²) in [7, 11) is 0. The summed E-state index contributed by atoms with van der Waals surface area (Å²) in [6, 6.07) is 5.79. The van der Waals surface area contributed by atoms with E-state index >= 15 is 0 Å². The second-order valence-electron chi connectivity index (χ2n) is 3.40. The third-order valence-corrected chi connectivity index (χ3v) is 3.41. The van der Waals surface area contributed by atoms with Crippen molar-refractivity contribution in [3.8, 4) is 5.75 Å². The fourth-order valence-electron chi connectivity index (χ4n) is 1.24. The van der Waals surface area contributed by atoms with Crippen LogP contribution in [0, 0.1) is 0 Å². The Hall–Kier alpha value is -0.350. The Bertz CT molecular complexity index is 344. The zero-order chi connectivity index (χ0) is 12.0. The fourth-order valence-corrected chi connectivity index (χ4v) is 2.47. The van der Waals surface area contributed by atoms with Crippen molar-refractivity contribution in [2.75, 3.05) is 6.61 Å². The van der Waals surface area contributed by atoms with E-state index in [1.165, 1.54) is 0 Å². The van der Waals surface area contributed by atoms with Crippen molar-refractivity contribution in [1.82, 2.24) is 0 Å². The summed E-state index contributed by atoms with van der Waals surface area (Å²) in [4.78, 5) is 11.1. The molecule has 0 unspecified atom stereocenters. The van der Waals surface area contributed by atoms with Gasteiger partial charge < -0.3 is 4.74 Å². The van der Waals surface area contributed by atoms with Gasteiger partial charge in [-0.15, -0.1) is 0 Å². The number of Topliss-reactive ketones (excluding diaryl/α,β-unsaturated/α-hetero) is 1. The van der Waals surface area contributed by atoms with E-state index in [-0.39, 0.29) is 5.78 Å². The van der Waals surface area contributed by atoms with Crippen molar-refractivity contribution in [2.45, 2.75) is 26.2 Å². The maximum Gasteiger partial charge on any atom is 0.147 e. The third kappa shape index (κ3) is 4.26. The number of carbonyl (C=O) groups is 1. The SMILES string of the molecule is CCC(=O)CCCOc1c(Br)cccc1Br. The van der Waals surface area contributed by atoms with Crippen molar-refractivity contribution in [2.24, 2.45) is 0 Å². The Balaban J connectivity index is 2.40. The first kappa shape index (κ1) is 13.7. The fraction of sp³-hybridized carbons (Fsp3) is 0.417. The topological polar surface area (TPSA) is 26.3 Å². The monoisotopic (exact) mass is 348 g/mol. The Labute approximate surface area is 113 Å². The summed E-state index contributed by atoms with van der Waals surface area (Å²) in [6.45, 7) is 2.44. The minimum Gasteiger partial charge on any atom is -0.491 e. The van der Waals surface area contributed by atoms with Gasteiger partial charge in [0.2, 0.25) is 0 Å². The number of hydrogen-bond donors (Lipinski definition) is 0. The predicted molar refractivity (Wildman–Crippen MR) is 71.9 cm³/mol. The molecule has 0 aromatic heterocycles. The Morgan fingerprint density at radius 3 is 2.50 bits per heavy atom. The lowest BCUT2D eigenvalue weighted by Crippen LogP contribution is -2.02. The summed E-state index contributed by atoms with van der Waals surface area (Å²) < 4.78 is 7.46. The average molecular weight is 350 g/mol. The van der Waals surface area contributed by atoms with Crippen LogP contribution in [0.4, 0.5) is 0 Å². The van der Waals surface area contributed by atoms with Gasteiger partial charge in [-0.05, 0) is 50.4 Å². The average Bonchev–Trinajstić information content (AvgIpc) is 2.27. The van der Waals surface area contributed by atoms with Crippen LogP contribution in [0.3, 0.4) is 0 Å². The summed E-state index contributed by atoms with van der Waals surface area (Å²) in [6.07, 6.45) is 1.97. The zero-order valence-corrected chi connectivity index (χ0v) is 12.3. The number of ketones is 1. The number of benzene rings is 1. The van der Waals surface area contributed by atoms with Gasteiger partial charge in [-0.25, -0.2) is 0 Å². The first-order valence-corrected chi connectivity index (χ1v) is 6.82. The van der Waals surface area contributed by atoms with Crippen molar-refractivity contribution >= 4 is 37.6 Å². The van der Waals surface area contributed by atoms with Gasteiger partial charge in [0.25, 0.3) is 0 Å². The van der Waals surface area contributed by atoms with Gasteiger partial charge in [0, 0.05) is 12.8 Å². The second-order valence-corrected chi connectivity index (χ2v) is 5.10. The van der Waals surface area contributed by atoms with Crippen LogP contribution in [0.25, 0.3) is 0 Å². The molecule has 0 bridgehead atoms. The number of halogens is 2. The molecular weight excluding hydrogens is 336 g/mol. The Morgan fingerprint density at radius 2 is 1.94 bits per heavy atom. The normalized spacial score (nSPS) is 10.2. The van der Waals surface area contributed by atoms with Crippen LogP contribution in [-0.2, 0) is 4.79 Å². The second kappa shape index (κ2) is 7.07. The maximum absolute atomic E-state index is 11.1. The molecule has 1 aromatic rings. The Kier molecular flexibility index (Phi) is 6.06. The molecule has 16 heavy (non-hydrogen) atoms. The molecule has 0 saturated heterocycles. The lowest BCUT2D eigenvalue weighted by molar-refractivity contribution is -0.118. The molecule has 88 valence electrons. The molecule has 0 saturated carbocycles. The van der Waals surface area contributed by atoms with Crippen LogP contribution in [0.15, 0.2) is 27.1 Å². The molecule has 0 aliphatic rings. The molecule has 4 heteroatoms. The highest BCUT2D eigenvalue weighted by Gasteiger charge is 2.05.